The van der Waals surface area contributed by atoms with Crippen molar-refractivity contribution in [2.24, 2.45) is 0 Å². The summed E-state index contributed by atoms with van der Waals surface area (Å²) in [5, 5.41) is 12.1. The van der Waals surface area contributed by atoms with Gasteiger partial charge in [-0.15, -0.1) is 0 Å². The molecule has 0 spiro atoms. The standard InChI is InChI=1S/C23H27N3O4/c1-15-7-4-8-16(2)18(15)13-24-19-9-6-12-26-17(3)20(25-23(19)26)14-30-22(29)11-5-10-21(27)28/h4,6-9,12,24H,5,10-11,13-14H2,1-3H3,(H,27,28). The minimum atomic E-state index is -0.917. The number of imidazole rings is 1. The number of hydrogen-bond acceptors (Lipinski definition) is 5. The zero-order valence-corrected chi connectivity index (χ0v) is 17.6. The Hall–Kier alpha value is -3.35. The Kier molecular flexibility index (Phi) is 6.72. The third kappa shape index (κ3) is 4.97. The number of rotatable bonds is 9. The Bertz CT molecular complexity index is 1050. The number of nitrogens with one attached hydrogen (secondary N) is 1. The number of anilines is 1. The summed E-state index contributed by atoms with van der Waals surface area (Å²) in [6, 6.07) is 10.2. The first-order valence-electron chi connectivity index (χ1n) is 9.99. The molecule has 0 saturated heterocycles. The topological polar surface area (TPSA) is 92.9 Å². The molecule has 2 heterocycles. The monoisotopic (exact) mass is 409 g/mol. The van der Waals surface area contributed by atoms with Crippen LogP contribution in [0.4, 0.5) is 5.69 Å². The van der Waals surface area contributed by atoms with Crippen LogP contribution in [0.3, 0.4) is 0 Å². The normalized spacial score (nSPS) is 10.9. The molecule has 0 aliphatic heterocycles. The fraction of sp³-hybridized carbons (Fsp3) is 0.348. The second-order valence-electron chi connectivity index (χ2n) is 7.39. The van der Waals surface area contributed by atoms with Crippen LogP contribution in [0.5, 0.6) is 0 Å². The zero-order chi connectivity index (χ0) is 21.7. The summed E-state index contributed by atoms with van der Waals surface area (Å²) in [5.41, 5.74) is 7.01. The average molecular weight is 409 g/mol. The van der Waals surface area contributed by atoms with Crippen molar-refractivity contribution in [3.8, 4) is 0 Å². The maximum absolute atomic E-state index is 11.9. The summed E-state index contributed by atoms with van der Waals surface area (Å²) in [4.78, 5) is 27.1. The molecule has 7 heteroatoms. The molecule has 0 unspecified atom stereocenters. The van der Waals surface area contributed by atoms with Crippen LogP contribution in [0.25, 0.3) is 5.65 Å². The van der Waals surface area contributed by atoms with E-state index in [9.17, 15) is 9.59 Å². The summed E-state index contributed by atoms with van der Waals surface area (Å²) in [6.07, 6.45) is 2.24. The van der Waals surface area contributed by atoms with Crippen LogP contribution in [0, 0.1) is 20.8 Å². The van der Waals surface area contributed by atoms with Crippen LogP contribution in [-0.2, 0) is 27.5 Å². The van der Waals surface area contributed by atoms with Crippen LogP contribution < -0.4 is 5.32 Å². The highest BCUT2D eigenvalue weighted by atomic mass is 16.5. The number of pyridine rings is 1. The largest absolute Gasteiger partial charge is 0.481 e. The van der Waals surface area contributed by atoms with E-state index >= 15 is 0 Å². The van der Waals surface area contributed by atoms with E-state index in [0.29, 0.717) is 12.2 Å². The van der Waals surface area contributed by atoms with Crippen LogP contribution in [0.1, 0.15) is 47.3 Å². The first kappa shape index (κ1) is 21.4. The van der Waals surface area contributed by atoms with Gasteiger partial charge >= 0.3 is 11.9 Å². The first-order chi connectivity index (χ1) is 14.4. The van der Waals surface area contributed by atoms with E-state index in [1.54, 1.807) is 0 Å². The lowest BCUT2D eigenvalue weighted by Crippen LogP contribution is -2.06. The maximum atomic E-state index is 11.9. The molecule has 158 valence electrons. The van der Waals surface area contributed by atoms with Gasteiger partial charge in [-0.2, -0.15) is 0 Å². The molecule has 0 fully saturated rings. The van der Waals surface area contributed by atoms with Crippen molar-refractivity contribution < 1.29 is 19.4 Å². The van der Waals surface area contributed by atoms with Gasteiger partial charge in [0.15, 0.2) is 5.65 Å². The lowest BCUT2D eigenvalue weighted by atomic mass is 10.0. The van der Waals surface area contributed by atoms with Gasteiger partial charge in [0.05, 0.1) is 11.4 Å². The Morgan fingerprint density at radius 1 is 1.10 bits per heavy atom. The maximum Gasteiger partial charge on any atom is 0.306 e. The van der Waals surface area contributed by atoms with Crippen molar-refractivity contribution in [2.45, 2.75) is 53.2 Å². The number of ether oxygens (including phenoxy) is 1. The molecule has 3 rings (SSSR count). The van der Waals surface area contributed by atoms with Gasteiger partial charge < -0.3 is 19.6 Å². The SMILES string of the molecule is Cc1cccc(C)c1CNc1cccn2c(C)c(COC(=O)CCCC(=O)O)nc12. The minimum Gasteiger partial charge on any atom is -0.481 e. The van der Waals surface area contributed by atoms with Gasteiger partial charge in [0.1, 0.15) is 6.61 Å². The molecular weight excluding hydrogens is 382 g/mol. The number of benzene rings is 1. The van der Waals surface area contributed by atoms with E-state index in [1.165, 1.54) is 16.7 Å². The van der Waals surface area contributed by atoms with E-state index in [4.69, 9.17) is 9.84 Å². The van der Waals surface area contributed by atoms with Gasteiger partial charge in [-0.05, 0) is 56.0 Å². The molecule has 0 bridgehead atoms. The number of fused-ring (bicyclic) bond motifs is 1. The highest BCUT2D eigenvalue weighted by molar-refractivity contribution is 5.72. The number of aromatic nitrogens is 2. The Morgan fingerprint density at radius 3 is 2.53 bits per heavy atom. The lowest BCUT2D eigenvalue weighted by molar-refractivity contribution is -0.145. The van der Waals surface area contributed by atoms with Gasteiger partial charge in [-0.3, -0.25) is 9.59 Å². The number of carbonyl (C=O) groups is 2. The fourth-order valence-corrected chi connectivity index (χ4v) is 3.42. The van der Waals surface area contributed by atoms with E-state index in [-0.39, 0.29) is 25.9 Å². The minimum absolute atomic E-state index is 0.0438. The van der Waals surface area contributed by atoms with Crippen LogP contribution >= 0.6 is 0 Å². The van der Waals surface area contributed by atoms with Gasteiger partial charge in [-0.25, -0.2) is 4.98 Å². The van der Waals surface area contributed by atoms with Crippen molar-refractivity contribution in [2.75, 3.05) is 5.32 Å². The molecule has 0 saturated carbocycles. The van der Waals surface area contributed by atoms with Gasteiger partial charge in [-0.1, -0.05) is 18.2 Å². The predicted octanol–water partition coefficient (Wildman–Crippen LogP) is 4.17. The van der Waals surface area contributed by atoms with Crippen molar-refractivity contribution in [1.82, 2.24) is 9.38 Å². The summed E-state index contributed by atoms with van der Waals surface area (Å²) >= 11 is 0. The number of carbonyl (C=O) groups excluding carboxylic acids is 1. The third-order valence-electron chi connectivity index (χ3n) is 5.23. The Labute approximate surface area is 175 Å². The molecular formula is C23H27N3O4. The van der Waals surface area contributed by atoms with E-state index < -0.39 is 11.9 Å². The number of carboxylic acid groups (broad SMARTS) is 1. The quantitative estimate of drug-likeness (QED) is 0.515. The molecule has 30 heavy (non-hydrogen) atoms. The molecule has 0 aliphatic rings. The second-order valence-corrected chi connectivity index (χ2v) is 7.39. The van der Waals surface area contributed by atoms with E-state index in [0.717, 1.165) is 17.0 Å². The Balaban J connectivity index is 1.71. The lowest BCUT2D eigenvalue weighted by Gasteiger charge is -2.12. The Morgan fingerprint density at radius 2 is 1.83 bits per heavy atom. The van der Waals surface area contributed by atoms with Crippen LogP contribution in [0.2, 0.25) is 0 Å². The smallest absolute Gasteiger partial charge is 0.306 e. The first-order valence-corrected chi connectivity index (χ1v) is 9.99. The number of esters is 1. The van der Waals surface area contributed by atoms with Gasteiger partial charge in [0.25, 0.3) is 0 Å². The summed E-state index contributed by atoms with van der Waals surface area (Å²) in [7, 11) is 0. The predicted molar refractivity (Wildman–Crippen MR) is 114 cm³/mol. The summed E-state index contributed by atoms with van der Waals surface area (Å²) < 4.78 is 7.27. The van der Waals surface area contributed by atoms with Crippen molar-refractivity contribution >= 4 is 23.3 Å². The highest BCUT2D eigenvalue weighted by Gasteiger charge is 2.14. The highest BCUT2D eigenvalue weighted by Crippen LogP contribution is 2.22. The molecule has 0 aliphatic carbocycles. The van der Waals surface area contributed by atoms with Gasteiger partial charge in [0, 0.05) is 31.3 Å². The molecule has 0 radical (unpaired) electrons. The number of hydrogen-bond donors (Lipinski definition) is 2. The second kappa shape index (κ2) is 9.43. The summed E-state index contributed by atoms with van der Waals surface area (Å²) in [5.74, 6) is -1.33. The van der Waals surface area contributed by atoms with E-state index in [2.05, 4.69) is 42.3 Å². The molecule has 2 N–H and O–H groups in total. The molecule has 7 nitrogen and oxygen atoms in total. The molecule has 2 aromatic heterocycles. The molecule has 0 atom stereocenters. The average Bonchev–Trinajstić information content (AvgIpc) is 3.02. The molecule has 0 amide bonds. The van der Waals surface area contributed by atoms with Crippen LogP contribution in [0.15, 0.2) is 36.5 Å². The zero-order valence-electron chi connectivity index (χ0n) is 17.6. The number of nitrogens with zero attached hydrogens (tertiary/aromatic N) is 2. The van der Waals surface area contributed by atoms with Crippen molar-refractivity contribution in [3.63, 3.8) is 0 Å². The number of aryl methyl sites for hydroxylation is 3. The van der Waals surface area contributed by atoms with Crippen molar-refractivity contribution in [1.29, 1.82) is 0 Å². The number of carboxylic acids is 1. The van der Waals surface area contributed by atoms with Crippen LogP contribution in [-0.4, -0.2) is 26.4 Å². The van der Waals surface area contributed by atoms with Gasteiger partial charge in [0.2, 0.25) is 0 Å². The molecule has 3 aromatic rings. The van der Waals surface area contributed by atoms with E-state index in [1.807, 2.05) is 29.7 Å². The summed E-state index contributed by atoms with van der Waals surface area (Å²) in [6.45, 7) is 6.90. The molecule has 1 aromatic carbocycles. The van der Waals surface area contributed by atoms with Crippen molar-refractivity contribution in [3.05, 3.63) is 64.6 Å². The number of aliphatic carboxylic acids is 1. The third-order valence-corrected chi connectivity index (χ3v) is 5.23. The fourth-order valence-electron chi connectivity index (χ4n) is 3.42.